The summed E-state index contributed by atoms with van der Waals surface area (Å²) in [7, 11) is 0. The van der Waals surface area contributed by atoms with Gasteiger partial charge in [-0.3, -0.25) is 10.1 Å². The molecule has 2 aromatic carbocycles. The Kier molecular flexibility index (Phi) is 2.77. The quantitative estimate of drug-likeness (QED) is 0.519. The second kappa shape index (κ2) is 4.39. The van der Waals surface area contributed by atoms with Crippen molar-refractivity contribution >= 4 is 11.7 Å². The number of rotatable bonds is 2. The zero-order valence-electron chi connectivity index (χ0n) is 11.1. The average Bonchev–Trinajstić information content (AvgIpc) is 2.72. The number of cyclic esters (lactones) is 1. The first-order valence-corrected chi connectivity index (χ1v) is 6.24. The van der Waals surface area contributed by atoms with Crippen molar-refractivity contribution < 1.29 is 19.6 Å². The Balaban J connectivity index is 2.19. The third-order valence-electron chi connectivity index (χ3n) is 3.55. The molecule has 0 aliphatic carbocycles. The Morgan fingerprint density at radius 2 is 1.95 bits per heavy atom. The standard InChI is InChI=1S/C15H11NO5/c1-9-6-7-10(8-13(9)16(19)20)15(18)12-5-3-2-4-11(12)14(17)21-15/h2-8,18H,1H3. The van der Waals surface area contributed by atoms with Gasteiger partial charge in [0.15, 0.2) is 0 Å². The van der Waals surface area contributed by atoms with Crippen LogP contribution in [0, 0.1) is 17.0 Å². The number of hydrogen-bond acceptors (Lipinski definition) is 5. The predicted molar refractivity (Wildman–Crippen MR) is 72.7 cm³/mol. The molecule has 106 valence electrons. The van der Waals surface area contributed by atoms with Gasteiger partial charge in [0.05, 0.1) is 10.5 Å². The van der Waals surface area contributed by atoms with E-state index >= 15 is 0 Å². The Labute approximate surface area is 119 Å². The molecule has 2 aromatic rings. The van der Waals surface area contributed by atoms with Crippen molar-refractivity contribution in [1.29, 1.82) is 0 Å². The number of aryl methyl sites for hydroxylation is 1. The molecule has 0 bridgehead atoms. The molecule has 1 heterocycles. The number of esters is 1. The summed E-state index contributed by atoms with van der Waals surface area (Å²) in [4.78, 5) is 22.3. The molecular formula is C15H11NO5. The van der Waals surface area contributed by atoms with Gasteiger partial charge in [-0.15, -0.1) is 0 Å². The van der Waals surface area contributed by atoms with Gasteiger partial charge in [-0.1, -0.05) is 30.3 Å². The number of benzene rings is 2. The summed E-state index contributed by atoms with van der Waals surface area (Å²) < 4.78 is 5.07. The van der Waals surface area contributed by atoms with E-state index in [0.717, 1.165) is 0 Å². The second-order valence-corrected chi connectivity index (χ2v) is 4.84. The van der Waals surface area contributed by atoms with E-state index in [1.807, 2.05) is 0 Å². The third-order valence-corrected chi connectivity index (χ3v) is 3.55. The molecule has 1 N–H and O–H groups in total. The summed E-state index contributed by atoms with van der Waals surface area (Å²) >= 11 is 0. The Hall–Kier alpha value is -2.73. The molecule has 1 aliphatic heterocycles. The maximum Gasteiger partial charge on any atom is 0.341 e. The number of carbonyl (C=O) groups is 1. The van der Waals surface area contributed by atoms with Gasteiger partial charge in [0.2, 0.25) is 0 Å². The lowest BCUT2D eigenvalue weighted by Crippen LogP contribution is -2.27. The zero-order valence-corrected chi connectivity index (χ0v) is 11.1. The smallest absolute Gasteiger partial charge is 0.341 e. The number of nitro groups is 1. The first-order valence-electron chi connectivity index (χ1n) is 6.24. The number of fused-ring (bicyclic) bond motifs is 1. The molecule has 21 heavy (non-hydrogen) atoms. The second-order valence-electron chi connectivity index (χ2n) is 4.84. The average molecular weight is 285 g/mol. The zero-order chi connectivity index (χ0) is 15.2. The highest BCUT2D eigenvalue weighted by Gasteiger charge is 2.46. The van der Waals surface area contributed by atoms with Crippen LogP contribution in [0.15, 0.2) is 42.5 Å². The Morgan fingerprint density at radius 3 is 2.67 bits per heavy atom. The van der Waals surface area contributed by atoms with Gasteiger partial charge in [-0.25, -0.2) is 4.79 Å². The van der Waals surface area contributed by atoms with Crippen molar-refractivity contribution in [3.8, 4) is 0 Å². The van der Waals surface area contributed by atoms with E-state index in [9.17, 15) is 20.0 Å². The van der Waals surface area contributed by atoms with E-state index in [1.165, 1.54) is 24.3 Å². The number of nitrogens with zero attached hydrogens (tertiary/aromatic N) is 1. The van der Waals surface area contributed by atoms with Crippen LogP contribution in [-0.2, 0) is 10.5 Å². The lowest BCUT2D eigenvalue weighted by atomic mass is 9.94. The van der Waals surface area contributed by atoms with Gasteiger partial charge in [0.1, 0.15) is 0 Å². The highest BCUT2D eigenvalue weighted by molar-refractivity contribution is 5.95. The molecule has 0 spiro atoms. The number of hydrogen-bond donors (Lipinski definition) is 1. The molecular weight excluding hydrogens is 274 g/mol. The number of aliphatic hydroxyl groups is 1. The van der Waals surface area contributed by atoms with Gasteiger partial charge in [-0.05, 0) is 13.0 Å². The lowest BCUT2D eigenvalue weighted by Gasteiger charge is -2.22. The van der Waals surface area contributed by atoms with Crippen LogP contribution in [0.3, 0.4) is 0 Å². The van der Waals surface area contributed by atoms with Gasteiger partial charge < -0.3 is 9.84 Å². The van der Waals surface area contributed by atoms with Crippen molar-refractivity contribution in [3.05, 3.63) is 74.8 Å². The molecule has 0 saturated carbocycles. The van der Waals surface area contributed by atoms with Crippen molar-refractivity contribution in [2.45, 2.75) is 12.7 Å². The molecule has 0 fully saturated rings. The maximum absolute atomic E-state index is 11.8. The molecule has 0 radical (unpaired) electrons. The first-order chi connectivity index (χ1) is 9.93. The fourth-order valence-electron chi connectivity index (χ4n) is 2.43. The van der Waals surface area contributed by atoms with E-state index in [1.54, 1.807) is 25.1 Å². The molecule has 6 nitrogen and oxygen atoms in total. The topological polar surface area (TPSA) is 89.7 Å². The van der Waals surface area contributed by atoms with E-state index in [2.05, 4.69) is 0 Å². The summed E-state index contributed by atoms with van der Waals surface area (Å²) in [5, 5.41) is 21.7. The van der Waals surface area contributed by atoms with Crippen LogP contribution in [0.4, 0.5) is 5.69 Å². The summed E-state index contributed by atoms with van der Waals surface area (Å²) in [6.07, 6.45) is 0. The van der Waals surface area contributed by atoms with Crippen LogP contribution in [0.25, 0.3) is 0 Å². The number of nitro benzene ring substituents is 1. The minimum Gasteiger partial charge on any atom is -0.421 e. The number of ether oxygens (including phenoxy) is 1. The maximum atomic E-state index is 11.8. The molecule has 0 aromatic heterocycles. The molecule has 0 amide bonds. The summed E-state index contributed by atoms with van der Waals surface area (Å²) in [6.45, 7) is 1.60. The molecule has 1 atom stereocenters. The van der Waals surface area contributed by atoms with Gasteiger partial charge in [0.25, 0.3) is 11.5 Å². The molecule has 3 rings (SSSR count). The monoisotopic (exact) mass is 285 g/mol. The highest BCUT2D eigenvalue weighted by atomic mass is 16.7. The minimum atomic E-state index is -1.99. The molecule has 0 saturated heterocycles. The predicted octanol–water partition coefficient (Wildman–Crippen LogP) is 2.27. The van der Waals surface area contributed by atoms with Crippen LogP contribution in [0.2, 0.25) is 0 Å². The van der Waals surface area contributed by atoms with Crippen molar-refractivity contribution in [2.24, 2.45) is 0 Å². The van der Waals surface area contributed by atoms with E-state index in [0.29, 0.717) is 5.56 Å². The van der Waals surface area contributed by atoms with Crippen LogP contribution in [0.1, 0.15) is 27.0 Å². The lowest BCUT2D eigenvalue weighted by molar-refractivity contribution is -0.385. The molecule has 1 unspecified atom stereocenters. The van der Waals surface area contributed by atoms with E-state index < -0.39 is 16.7 Å². The van der Waals surface area contributed by atoms with E-state index in [-0.39, 0.29) is 22.4 Å². The van der Waals surface area contributed by atoms with Gasteiger partial charge in [-0.2, -0.15) is 0 Å². The minimum absolute atomic E-state index is 0.138. The van der Waals surface area contributed by atoms with Crippen LogP contribution >= 0.6 is 0 Å². The summed E-state index contributed by atoms with van der Waals surface area (Å²) in [5.41, 5.74) is 1.01. The molecule has 1 aliphatic rings. The largest absolute Gasteiger partial charge is 0.421 e. The Morgan fingerprint density at radius 1 is 1.24 bits per heavy atom. The normalized spacial score (nSPS) is 20.0. The van der Waals surface area contributed by atoms with Crippen molar-refractivity contribution in [2.75, 3.05) is 0 Å². The first kappa shape index (κ1) is 13.3. The van der Waals surface area contributed by atoms with Gasteiger partial charge >= 0.3 is 5.97 Å². The van der Waals surface area contributed by atoms with Gasteiger partial charge in [0, 0.05) is 22.8 Å². The van der Waals surface area contributed by atoms with E-state index in [4.69, 9.17) is 4.74 Å². The Bertz CT molecular complexity index is 770. The van der Waals surface area contributed by atoms with Crippen molar-refractivity contribution in [1.82, 2.24) is 0 Å². The van der Waals surface area contributed by atoms with Crippen LogP contribution in [0.5, 0.6) is 0 Å². The summed E-state index contributed by atoms with van der Waals surface area (Å²) in [6, 6.07) is 10.7. The number of carbonyl (C=O) groups excluding carboxylic acids is 1. The third kappa shape index (κ3) is 1.88. The van der Waals surface area contributed by atoms with Crippen LogP contribution < -0.4 is 0 Å². The SMILES string of the molecule is Cc1ccc(C2(O)OC(=O)c3ccccc32)cc1[N+](=O)[O-]. The fourth-order valence-corrected chi connectivity index (χ4v) is 2.43. The fraction of sp³-hybridized carbons (Fsp3) is 0.133. The van der Waals surface area contributed by atoms with Crippen LogP contribution in [-0.4, -0.2) is 16.0 Å². The van der Waals surface area contributed by atoms with Crippen molar-refractivity contribution in [3.63, 3.8) is 0 Å². The summed E-state index contributed by atoms with van der Waals surface area (Å²) in [5.74, 6) is -2.65. The molecule has 6 heteroatoms. The highest BCUT2D eigenvalue weighted by Crippen LogP contribution is 2.40.